The van der Waals surface area contributed by atoms with E-state index in [2.05, 4.69) is 26.7 Å². The van der Waals surface area contributed by atoms with Crippen LogP contribution in [0.25, 0.3) is 38.6 Å². The van der Waals surface area contributed by atoms with Crippen LogP contribution >= 0.6 is 0 Å². The zero-order valence-electron chi connectivity index (χ0n) is 19.0. The van der Waals surface area contributed by atoms with Crippen LogP contribution in [0, 0.1) is 0 Å². The van der Waals surface area contributed by atoms with Gasteiger partial charge in [0.15, 0.2) is 0 Å². The van der Waals surface area contributed by atoms with Gasteiger partial charge in [-0.1, -0.05) is 54.6 Å². The Bertz CT molecular complexity index is 1820. The molecule has 7 rings (SSSR count). The molecule has 0 radical (unpaired) electrons. The van der Waals surface area contributed by atoms with E-state index in [9.17, 15) is 9.59 Å². The highest BCUT2D eigenvalue weighted by molar-refractivity contribution is 6.35. The maximum atomic E-state index is 13.8. The van der Waals surface area contributed by atoms with E-state index in [1.807, 2.05) is 60.7 Å². The lowest BCUT2D eigenvalue weighted by atomic mass is 10.0. The van der Waals surface area contributed by atoms with Crippen molar-refractivity contribution in [2.75, 3.05) is 4.90 Å². The Morgan fingerprint density at radius 1 is 0.611 bits per heavy atom. The number of anilines is 1. The molecule has 36 heavy (non-hydrogen) atoms. The van der Waals surface area contributed by atoms with Crippen LogP contribution in [0.5, 0.6) is 0 Å². The number of amides is 2. The minimum atomic E-state index is -0.324. The highest BCUT2D eigenvalue weighted by atomic mass is 16.2. The fourth-order valence-corrected chi connectivity index (χ4v) is 5.22. The van der Waals surface area contributed by atoms with Crippen molar-refractivity contribution in [3.05, 3.63) is 121 Å². The van der Waals surface area contributed by atoms with Crippen LogP contribution in [0.4, 0.5) is 5.69 Å². The van der Waals surface area contributed by atoms with Crippen molar-refractivity contribution >= 4 is 39.3 Å². The second kappa shape index (κ2) is 7.71. The van der Waals surface area contributed by atoms with Gasteiger partial charge in [0, 0.05) is 28.7 Å². The molecule has 3 heterocycles. The fourth-order valence-electron chi connectivity index (χ4n) is 5.22. The smallest absolute Gasteiger partial charge is 0.268 e. The van der Waals surface area contributed by atoms with Gasteiger partial charge in [-0.3, -0.25) is 9.59 Å². The van der Waals surface area contributed by atoms with Gasteiger partial charge in [-0.05, 0) is 42.0 Å². The molecule has 2 aromatic heterocycles. The molecule has 6 nitrogen and oxygen atoms in total. The molecule has 6 aromatic rings. The zero-order chi connectivity index (χ0) is 24.2. The summed E-state index contributed by atoms with van der Waals surface area (Å²) in [5.41, 5.74) is 5.84. The van der Waals surface area contributed by atoms with Crippen molar-refractivity contribution < 1.29 is 9.59 Å². The molecule has 1 aliphatic rings. The fraction of sp³-hybridized carbons (Fsp3) is 0. The van der Waals surface area contributed by atoms with Gasteiger partial charge < -0.3 is 4.57 Å². The highest BCUT2D eigenvalue weighted by Gasteiger charge is 2.39. The lowest BCUT2D eigenvalue weighted by molar-refractivity contribution is 0.0926. The van der Waals surface area contributed by atoms with Gasteiger partial charge in [0.25, 0.3) is 11.8 Å². The zero-order valence-corrected chi connectivity index (χ0v) is 19.0. The van der Waals surface area contributed by atoms with E-state index in [0.717, 1.165) is 32.9 Å². The summed E-state index contributed by atoms with van der Waals surface area (Å²) >= 11 is 0. The lowest BCUT2D eigenvalue weighted by Crippen LogP contribution is -2.29. The molecule has 0 aliphatic carbocycles. The van der Waals surface area contributed by atoms with E-state index in [1.165, 1.54) is 11.2 Å². The molecule has 0 atom stereocenters. The van der Waals surface area contributed by atoms with E-state index < -0.39 is 0 Å². The summed E-state index contributed by atoms with van der Waals surface area (Å²) in [6.07, 6.45) is 5.11. The van der Waals surface area contributed by atoms with Gasteiger partial charge in [0.05, 0.1) is 33.5 Å². The number of rotatable bonds is 3. The summed E-state index contributed by atoms with van der Waals surface area (Å²) in [6.45, 7) is 0. The van der Waals surface area contributed by atoms with Gasteiger partial charge in [-0.25, -0.2) is 14.9 Å². The third-order valence-electron chi connectivity index (χ3n) is 6.72. The lowest BCUT2D eigenvalue weighted by Gasteiger charge is -2.14. The average molecular weight is 467 g/mol. The molecule has 0 N–H and O–H groups in total. The van der Waals surface area contributed by atoms with Crippen molar-refractivity contribution in [3.8, 4) is 16.8 Å². The van der Waals surface area contributed by atoms with Crippen LogP contribution in [0.2, 0.25) is 0 Å². The first-order valence-electron chi connectivity index (χ1n) is 11.6. The Labute approximate surface area is 206 Å². The summed E-state index contributed by atoms with van der Waals surface area (Å²) in [6, 6.07) is 28.7. The van der Waals surface area contributed by atoms with Crippen molar-refractivity contribution in [1.82, 2.24) is 14.5 Å². The minimum absolute atomic E-state index is 0.314. The molecule has 0 spiro atoms. The van der Waals surface area contributed by atoms with E-state index in [0.29, 0.717) is 22.5 Å². The molecule has 0 saturated heterocycles. The van der Waals surface area contributed by atoms with Crippen molar-refractivity contribution in [3.63, 3.8) is 0 Å². The Balaban J connectivity index is 1.54. The maximum Gasteiger partial charge on any atom is 0.268 e. The van der Waals surface area contributed by atoms with Gasteiger partial charge in [0.2, 0.25) is 0 Å². The predicted molar refractivity (Wildman–Crippen MR) is 139 cm³/mol. The number of hydrogen-bond donors (Lipinski definition) is 0. The van der Waals surface area contributed by atoms with Crippen LogP contribution < -0.4 is 4.90 Å². The first-order valence-corrected chi connectivity index (χ1v) is 11.6. The number of imide groups is 1. The number of para-hydroxylation sites is 2. The summed E-state index contributed by atoms with van der Waals surface area (Å²) in [7, 11) is 0. The third kappa shape index (κ3) is 2.78. The Morgan fingerprint density at radius 2 is 1.31 bits per heavy atom. The quantitative estimate of drug-likeness (QED) is 0.298. The second-order valence-corrected chi connectivity index (χ2v) is 8.66. The monoisotopic (exact) mass is 466 g/mol. The largest absolute Gasteiger partial charge is 0.308 e. The summed E-state index contributed by atoms with van der Waals surface area (Å²) in [5.74, 6) is -0.638. The number of hydrogen-bond acceptors (Lipinski definition) is 4. The summed E-state index contributed by atoms with van der Waals surface area (Å²) in [5, 5.41) is 2.08. The number of nitrogens with zero attached hydrogens (tertiary/aromatic N) is 4. The first-order chi connectivity index (χ1) is 17.7. The predicted octanol–water partition coefficient (Wildman–Crippen LogP) is 6.04. The highest BCUT2D eigenvalue weighted by Crippen LogP contribution is 2.40. The van der Waals surface area contributed by atoms with Crippen molar-refractivity contribution in [2.45, 2.75) is 0 Å². The van der Waals surface area contributed by atoms with Gasteiger partial charge in [-0.2, -0.15) is 0 Å². The maximum absolute atomic E-state index is 13.8. The first kappa shape index (κ1) is 20.3. The molecule has 170 valence electrons. The Morgan fingerprint density at radius 3 is 2.14 bits per heavy atom. The van der Waals surface area contributed by atoms with Gasteiger partial charge in [-0.15, -0.1) is 0 Å². The standard InChI is InChI=1S/C30H18N4O2/c35-29-23-12-7-15-26(28(23)30(36)33(29)20-8-2-1-3-9-20)34-24-13-5-4-10-22(24)27-21(11-6-14-25(27)34)19-16-31-18-32-17-19/h1-18H. The molecule has 4 aromatic carbocycles. The molecule has 0 saturated carbocycles. The van der Waals surface area contributed by atoms with Crippen LogP contribution in [0.3, 0.4) is 0 Å². The number of fused-ring (bicyclic) bond motifs is 4. The molecular formula is C30H18N4O2. The van der Waals surface area contributed by atoms with E-state index in [-0.39, 0.29) is 11.8 Å². The molecule has 0 unspecified atom stereocenters. The van der Waals surface area contributed by atoms with E-state index >= 15 is 0 Å². The molecule has 0 bridgehead atoms. The van der Waals surface area contributed by atoms with Gasteiger partial charge in [0.1, 0.15) is 6.33 Å². The van der Waals surface area contributed by atoms with Gasteiger partial charge >= 0.3 is 0 Å². The second-order valence-electron chi connectivity index (χ2n) is 8.66. The minimum Gasteiger partial charge on any atom is -0.308 e. The van der Waals surface area contributed by atoms with Crippen molar-refractivity contribution in [2.24, 2.45) is 0 Å². The number of aromatic nitrogens is 3. The Hall–Kier alpha value is -5.10. The summed E-state index contributed by atoms with van der Waals surface area (Å²) in [4.78, 5) is 36.8. The van der Waals surface area contributed by atoms with Crippen LogP contribution in [0.1, 0.15) is 20.7 Å². The molecule has 0 fully saturated rings. The Kier molecular flexibility index (Phi) is 4.35. The van der Waals surface area contributed by atoms with E-state index in [4.69, 9.17) is 0 Å². The van der Waals surface area contributed by atoms with Crippen LogP contribution in [0.15, 0.2) is 110 Å². The topological polar surface area (TPSA) is 68.1 Å². The SMILES string of the molecule is O=C1c2cccc(-n3c4ccccc4c4c(-c5cncnc5)cccc43)c2C(=O)N1c1ccccc1. The summed E-state index contributed by atoms with van der Waals surface area (Å²) < 4.78 is 2.08. The molecule has 2 amide bonds. The average Bonchev–Trinajstić information content (AvgIpc) is 3.41. The van der Waals surface area contributed by atoms with Crippen LogP contribution in [-0.4, -0.2) is 26.3 Å². The van der Waals surface area contributed by atoms with E-state index in [1.54, 1.807) is 30.6 Å². The molecular weight excluding hydrogens is 448 g/mol. The molecule has 1 aliphatic heterocycles. The number of carbonyl (C=O) groups is 2. The molecule has 6 heteroatoms. The third-order valence-corrected chi connectivity index (χ3v) is 6.72. The number of carbonyl (C=O) groups excluding carboxylic acids is 2. The number of benzene rings is 4. The van der Waals surface area contributed by atoms with Crippen LogP contribution in [-0.2, 0) is 0 Å². The normalized spacial score (nSPS) is 13.1. The van der Waals surface area contributed by atoms with Crippen molar-refractivity contribution in [1.29, 1.82) is 0 Å².